The van der Waals surface area contributed by atoms with Crippen LogP contribution in [-0.2, 0) is 15.1 Å². The largest absolute Gasteiger partial charge is 0.548 e. The lowest BCUT2D eigenvalue weighted by Crippen LogP contribution is -2.48. The maximum atomic E-state index is 12.4. The summed E-state index contributed by atoms with van der Waals surface area (Å²) in [6.45, 7) is 3.79. The summed E-state index contributed by atoms with van der Waals surface area (Å²) in [7, 11) is 3.07. The van der Waals surface area contributed by atoms with Crippen LogP contribution in [0.4, 0.5) is 4.79 Å². The van der Waals surface area contributed by atoms with Crippen molar-refractivity contribution in [3.05, 3.63) is 23.8 Å². The number of amides is 1. The van der Waals surface area contributed by atoms with Crippen LogP contribution in [0.5, 0.6) is 11.5 Å². The fourth-order valence-electron chi connectivity index (χ4n) is 2.72. The number of rotatable bonds is 5. The van der Waals surface area contributed by atoms with Crippen molar-refractivity contribution in [3.63, 3.8) is 0 Å². The fraction of sp³-hybridized carbons (Fsp3) is 0.529. The highest BCUT2D eigenvalue weighted by Gasteiger charge is 2.35. The summed E-state index contributed by atoms with van der Waals surface area (Å²) in [5, 5.41) is 11.1. The van der Waals surface area contributed by atoms with Crippen LogP contribution in [-0.4, -0.2) is 43.8 Å². The van der Waals surface area contributed by atoms with Gasteiger partial charge >= 0.3 is 6.09 Å². The molecule has 1 aliphatic heterocycles. The summed E-state index contributed by atoms with van der Waals surface area (Å²) in [6, 6.07) is 4.27. The van der Waals surface area contributed by atoms with Crippen molar-refractivity contribution in [2.75, 3.05) is 20.8 Å². The van der Waals surface area contributed by atoms with Crippen LogP contribution in [0.15, 0.2) is 18.2 Å². The molecule has 1 aromatic rings. The molecule has 0 bridgehead atoms. The van der Waals surface area contributed by atoms with Crippen LogP contribution in [0.25, 0.3) is 0 Å². The third-order valence-corrected chi connectivity index (χ3v) is 4.15. The minimum Gasteiger partial charge on any atom is -0.548 e. The molecule has 1 atom stereocenters. The Morgan fingerprint density at radius 2 is 1.75 bits per heavy atom. The summed E-state index contributed by atoms with van der Waals surface area (Å²) < 4.78 is 16.0. The molecule has 1 amide bonds. The number of carboxylic acid groups (broad SMARTS) is 1. The summed E-state index contributed by atoms with van der Waals surface area (Å²) in [6.07, 6.45) is 0.319. The smallest absolute Gasteiger partial charge is 0.411 e. The summed E-state index contributed by atoms with van der Waals surface area (Å²) in [5.74, 6) is -0.116. The number of carbonyl (C=O) groups excluding carboxylic acids is 2. The molecule has 1 saturated heterocycles. The maximum Gasteiger partial charge on any atom is 0.411 e. The quantitative estimate of drug-likeness (QED) is 0.805. The number of hydrogen-bond donors (Lipinski definition) is 0. The number of benzene rings is 1. The molecule has 1 aliphatic rings. The van der Waals surface area contributed by atoms with Crippen LogP contribution in [0.2, 0.25) is 0 Å². The average molecular weight is 336 g/mol. The van der Waals surface area contributed by atoms with E-state index < -0.39 is 23.7 Å². The highest BCUT2D eigenvalue weighted by Crippen LogP contribution is 2.33. The highest BCUT2D eigenvalue weighted by molar-refractivity contribution is 5.79. The molecule has 0 aromatic heterocycles. The van der Waals surface area contributed by atoms with E-state index in [0.717, 1.165) is 0 Å². The lowest BCUT2D eigenvalue weighted by atomic mass is 9.97. The van der Waals surface area contributed by atoms with Gasteiger partial charge in [0.05, 0.1) is 26.2 Å². The standard InChI is InChI=1S/C17H23NO6/c1-17(2,11-8-12(22-3)10-13(9-11)23-4)24-16(21)18-7-5-6-14(18)15(19)20/h8-10,14H,5-7H2,1-4H3,(H,19,20)/p-1/t14-/m1/s1. The summed E-state index contributed by atoms with van der Waals surface area (Å²) in [4.78, 5) is 24.7. The van der Waals surface area contributed by atoms with Gasteiger partial charge < -0.3 is 24.1 Å². The Morgan fingerprint density at radius 3 is 2.25 bits per heavy atom. The van der Waals surface area contributed by atoms with Gasteiger partial charge in [-0.15, -0.1) is 0 Å². The Balaban J connectivity index is 2.21. The third kappa shape index (κ3) is 3.72. The number of hydrogen-bond acceptors (Lipinski definition) is 6. The predicted molar refractivity (Wildman–Crippen MR) is 83.8 cm³/mol. The van der Waals surface area contributed by atoms with Crippen LogP contribution in [0, 0.1) is 0 Å². The van der Waals surface area contributed by atoms with E-state index >= 15 is 0 Å². The molecular formula is C17H22NO6-. The number of carboxylic acids is 1. The van der Waals surface area contributed by atoms with Gasteiger partial charge in [0, 0.05) is 18.2 Å². The van der Waals surface area contributed by atoms with E-state index in [1.54, 1.807) is 32.0 Å². The van der Waals surface area contributed by atoms with Gasteiger partial charge in [-0.1, -0.05) is 0 Å². The topological polar surface area (TPSA) is 88.1 Å². The second kappa shape index (κ2) is 6.98. The van der Waals surface area contributed by atoms with Crippen molar-refractivity contribution in [3.8, 4) is 11.5 Å². The van der Waals surface area contributed by atoms with Crippen LogP contribution >= 0.6 is 0 Å². The van der Waals surface area contributed by atoms with Crippen LogP contribution in [0.3, 0.4) is 0 Å². The van der Waals surface area contributed by atoms with Crippen molar-refractivity contribution < 1.29 is 28.9 Å². The first kappa shape index (κ1) is 17.9. The van der Waals surface area contributed by atoms with Crippen molar-refractivity contribution in [1.29, 1.82) is 0 Å². The van der Waals surface area contributed by atoms with Crippen molar-refractivity contribution in [2.45, 2.75) is 38.3 Å². The number of likely N-dealkylation sites (tertiary alicyclic amines) is 1. The zero-order chi connectivity index (χ0) is 17.9. The third-order valence-electron chi connectivity index (χ3n) is 4.15. The lowest BCUT2D eigenvalue weighted by Gasteiger charge is -2.31. The van der Waals surface area contributed by atoms with Gasteiger partial charge in [0.15, 0.2) is 0 Å². The van der Waals surface area contributed by atoms with Crippen LogP contribution in [0.1, 0.15) is 32.3 Å². The number of methoxy groups -OCH3 is 2. The van der Waals surface area contributed by atoms with Gasteiger partial charge in [-0.25, -0.2) is 4.79 Å². The first-order valence-corrected chi connectivity index (χ1v) is 7.72. The van der Waals surface area contributed by atoms with Gasteiger partial charge in [0.1, 0.15) is 17.1 Å². The van der Waals surface area contributed by atoms with E-state index in [-0.39, 0.29) is 0 Å². The number of aliphatic carboxylic acids is 1. The van der Waals surface area contributed by atoms with E-state index in [9.17, 15) is 14.7 Å². The fourth-order valence-corrected chi connectivity index (χ4v) is 2.72. The van der Waals surface area contributed by atoms with Gasteiger partial charge in [0.25, 0.3) is 0 Å². The average Bonchev–Trinajstić information content (AvgIpc) is 3.04. The second-order valence-corrected chi connectivity index (χ2v) is 6.15. The minimum atomic E-state index is -1.26. The molecule has 0 N–H and O–H groups in total. The molecule has 0 saturated carbocycles. The van der Waals surface area contributed by atoms with E-state index in [1.165, 1.54) is 19.1 Å². The van der Waals surface area contributed by atoms with E-state index in [1.807, 2.05) is 0 Å². The molecule has 132 valence electrons. The van der Waals surface area contributed by atoms with Gasteiger partial charge in [-0.2, -0.15) is 0 Å². The molecule has 1 fully saturated rings. The first-order valence-electron chi connectivity index (χ1n) is 7.72. The van der Waals surface area contributed by atoms with Crippen molar-refractivity contribution >= 4 is 12.1 Å². The Kier molecular flexibility index (Phi) is 5.21. The van der Waals surface area contributed by atoms with Crippen molar-refractivity contribution in [1.82, 2.24) is 4.90 Å². The molecular weight excluding hydrogens is 314 g/mol. The molecule has 2 rings (SSSR count). The van der Waals surface area contributed by atoms with Gasteiger partial charge in [0.2, 0.25) is 0 Å². The second-order valence-electron chi connectivity index (χ2n) is 6.15. The SMILES string of the molecule is COc1cc(OC)cc(C(C)(C)OC(=O)N2CCC[C@@H]2C(=O)[O-])c1. The van der Waals surface area contributed by atoms with E-state index in [0.29, 0.717) is 36.4 Å². The zero-order valence-corrected chi connectivity index (χ0v) is 14.3. The summed E-state index contributed by atoms with van der Waals surface area (Å²) >= 11 is 0. The molecule has 24 heavy (non-hydrogen) atoms. The Labute approximate surface area is 141 Å². The Bertz CT molecular complexity index is 605. The maximum absolute atomic E-state index is 12.4. The number of carbonyl (C=O) groups is 2. The first-order chi connectivity index (χ1) is 11.3. The lowest BCUT2D eigenvalue weighted by molar-refractivity contribution is -0.310. The monoisotopic (exact) mass is 336 g/mol. The van der Waals surface area contributed by atoms with Crippen LogP contribution < -0.4 is 14.6 Å². The summed E-state index contributed by atoms with van der Waals surface area (Å²) in [5.41, 5.74) is -0.311. The molecule has 1 heterocycles. The molecule has 1 aromatic carbocycles. The highest BCUT2D eigenvalue weighted by atomic mass is 16.6. The molecule has 7 nitrogen and oxygen atoms in total. The molecule has 0 spiro atoms. The normalized spacial score (nSPS) is 17.5. The minimum absolute atomic E-state index is 0.342. The number of ether oxygens (including phenoxy) is 3. The number of nitrogens with zero attached hydrogens (tertiary/aromatic N) is 1. The molecule has 0 radical (unpaired) electrons. The zero-order valence-electron chi connectivity index (χ0n) is 14.3. The molecule has 0 aliphatic carbocycles. The van der Waals surface area contributed by atoms with E-state index in [2.05, 4.69) is 0 Å². The van der Waals surface area contributed by atoms with Gasteiger partial charge in [-0.3, -0.25) is 4.90 Å². The van der Waals surface area contributed by atoms with Crippen molar-refractivity contribution in [2.24, 2.45) is 0 Å². The Hall–Kier alpha value is -2.44. The predicted octanol–water partition coefficient (Wildman–Crippen LogP) is 1.29. The Morgan fingerprint density at radius 1 is 1.17 bits per heavy atom. The van der Waals surface area contributed by atoms with E-state index in [4.69, 9.17) is 14.2 Å². The molecule has 0 unspecified atom stereocenters. The van der Waals surface area contributed by atoms with Gasteiger partial charge in [-0.05, 0) is 38.8 Å². The molecule has 7 heteroatoms.